The molecule has 0 saturated carbocycles. The van der Waals surface area contributed by atoms with Crippen molar-refractivity contribution in [3.05, 3.63) is 34.9 Å². The molecule has 32 heavy (non-hydrogen) atoms. The number of hydrogen-bond donors (Lipinski definition) is 1. The number of aryl methyl sites for hydroxylation is 1. The molecule has 1 saturated heterocycles. The number of hydrogen-bond acceptors (Lipinski definition) is 7. The van der Waals surface area contributed by atoms with E-state index < -0.39 is 29.7 Å². The minimum atomic E-state index is -0.980. The molecule has 2 aliphatic heterocycles. The summed E-state index contributed by atoms with van der Waals surface area (Å²) in [5.41, 5.74) is 1.28. The zero-order chi connectivity index (χ0) is 23.3. The van der Waals surface area contributed by atoms with Gasteiger partial charge < -0.3 is 9.47 Å². The van der Waals surface area contributed by atoms with Gasteiger partial charge in [0.2, 0.25) is 11.8 Å². The van der Waals surface area contributed by atoms with Crippen LogP contribution in [0.4, 0.5) is 0 Å². The Hall–Kier alpha value is -3.07. The molecule has 2 heterocycles. The van der Waals surface area contributed by atoms with E-state index in [0.29, 0.717) is 37.2 Å². The van der Waals surface area contributed by atoms with Crippen LogP contribution >= 0.6 is 0 Å². The maximum atomic E-state index is 13.0. The summed E-state index contributed by atoms with van der Waals surface area (Å²) in [6, 6.07) is 4.08. The molecule has 9 nitrogen and oxygen atoms in total. The number of carbonyl (C=O) groups is 5. The normalized spacial score (nSPS) is 18.2. The fourth-order valence-corrected chi connectivity index (χ4v) is 3.75. The molecule has 3 rings (SSSR count). The predicted molar refractivity (Wildman–Crippen MR) is 113 cm³/mol. The highest BCUT2D eigenvalue weighted by molar-refractivity contribution is 6.24. The molecular weight excluding hydrogens is 416 g/mol. The van der Waals surface area contributed by atoms with E-state index in [2.05, 4.69) is 5.32 Å². The summed E-state index contributed by atoms with van der Waals surface area (Å²) in [5.74, 6) is -2.07. The minimum absolute atomic E-state index is 0.0824. The number of benzene rings is 1. The van der Waals surface area contributed by atoms with E-state index in [1.165, 1.54) is 0 Å². The molecule has 2 aliphatic rings. The smallest absolute Gasteiger partial charge is 0.308 e. The van der Waals surface area contributed by atoms with Crippen LogP contribution in [0.3, 0.4) is 0 Å². The van der Waals surface area contributed by atoms with Crippen molar-refractivity contribution < 1.29 is 33.4 Å². The quantitative estimate of drug-likeness (QED) is 0.331. The largest absolute Gasteiger partial charge is 0.465 e. The standard InChI is InChI=1S/C23H28N2O7/c1-14(2)13-32-19(27)10-12-31-11-4-6-15-5-3-7-16-20(15)23(30)25(22(16)29)17-8-9-18(26)24-21(17)28/h3,5,7,14,17H,4,6,8-13H2,1-2H3,(H,24,26,28). The third-order valence-electron chi connectivity index (χ3n) is 5.32. The topological polar surface area (TPSA) is 119 Å². The van der Waals surface area contributed by atoms with E-state index in [-0.39, 0.29) is 43.3 Å². The van der Waals surface area contributed by atoms with Gasteiger partial charge in [0.05, 0.1) is 30.8 Å². The first kappa shape index (κ1) is 23.6. The molecule has 0 spiro atoms. The molecule has 1 unspecified atom stereocenters. The lowest BCUT2D eigenvalue weighted by atomic mass is 9.99. The monoisotopic (exact) mass is 444 g/mol. The lowest BCUT2D eigenvalue weighted by Crippen LogP contribution is -2.54. The van der Waals surface area contributed by atoms with Gasteiger partial charge in [0.25, 0.3) is 11.8 Å². The molecule has 4 amide bonds. The van der Waals surface area contributed by atoms with E-state index >= 15 is 0 Å². The van der Waals surface area contributed by atoms with Crippen molar-refractivity contribution in [1.29, 1.82) is 0 Å². The molecule has 0 bridgehead atoms. The van der Waals surface area contributed by atoms with Crippen LogP contribution in [0.15, 0.2) is 18.2 Å². The van der Waals surface area contributed by atoms with Gasteiger partial charge in [-0.15, -0.1) is 0 Å². The Morgan fingerprint density at radius 2 is 1.94 bits per heavy atom. The number of amides is 4. The lowest BCUT2D eigenvalue weighted by molar-refractivity contribution is -0.146. The van der Waals surface area contributed by atoms with Crippen molar-refractivity contribution in [1.82, 2.24) is 10.2 Å². The van der Waals surface area contributed by atoms with E-state index in [1.807, 2.05) is 13.8 Å². The number of fused-ring (bicyclic) bond motifs is 1. The Kier molecular flexibility index (Phi) is 7.74. The van der Waals surface area contributed by atoms with Crippen LogP contribution in [0.5, 0.6) is 0 Å². The predicted octanol–water partition coefficient (Wildman–Crippen LogP) is 1.63. The minimum Gasteiger partial charge on any atom is -0.465 e. The highest BCUT2D eigenvalue weighted by Crippen LogP contribution is 2.30. The third kappa shape index (κ3) is 5.40. The number of imide groups is 2. The van der Waals surface area contributed by atoms with Crippen LogP contribution in [0.2, 0.25) is 0 Å². The number of ether oxygens (including phenoxy) is 2. The second-order valence-electron chi connectivity index (χ2n) is 8.33. The van der Waals surface area contributed by atoms with Gasteiger partial charge in [-0.1, -0.05) is 26.0 Å². The third-order valence-corrected chi connectivity index (χ3v) is 5.32. The number of nitrogens with zero attached hydrogens (tertiary/aromatic N) is 1. The SMILES string of the molecule is CC(C)COC(=O)CCOCCCc1cccc2c1C(=O)N(C1CCC(=O)NC1=O)C2=O. The highest BCUT2D eigenvalue weighted by atomic mass is 16.5. The molecule has 0 aliphatic carbocycles. The summed E-state index contributed by atoms with van der Waals surface area (Å²) in [4.78, 5) is 62.0. The van der Waals surface area contributed by atoms with Crippen molar-refractivity contribution in [3.63, 3.8) is 0 Å². The fraction of sp³-hybridized carbons (Fsp3) is 0.522. The first-order valence-corrected chi connectivity index (χ1v) is 10.9. The van der Waals surface area contributed by atoms with E-state index in [1.54, 1.807) is 18.2 Å². The second-order valence-corrected chi connectivity index (χ2v) is 8.33. The molecule has 1 N–H and O–H groups in total. The van der Waals surface area contributed by atoms with Gasteiger partial charge in [-0.05, 0) is 36.8 Å². The maximum absolute atomic E-state index is 13.0. The van der Waals surface area contributed by atoms with Crippen LogP contribution in [-0.4, -0.2) is 60.4 Å². The summed E-state index contributed by atoms with van der Waals surface area (Å²) in [5, 5.41) is 2.19. The fourth-order valence-electron chi connectivity index (χ4n) is 3.75. The average molecular weight is 444 g/mol. The Morgan fingerprint density at radius 1 is 1.16 bits per heavy atom. The van der Waals surface area contributed by atoms with E-state index in [4.69, 9.17) is 9.47 Å². The van der Waals surface area contributed by atoms with Crippen LogP contribution in [-0.2, 0) is 30.3 Å². The Balaban J connectivity index is 1.53. The van der Waals surface area contributed by atoms with Crippen molar-refractivity contribution in [2.75, 3.05) is 19.8 Å². The van der Waals surface area contributed by atoms with Gasteiger partial charge in [-0.3, -0.25) is 34.2 Å². The van der Waals surface area contributed by atoms with Gasteiger partial charge in [-0.2, -0.15) is 0 Å². The summed E-state index contributed by atoms with van der Waals surface area (Å²) in [7, 11) is 0. The summed E-state index contributed by atoms with van der Waals surface area (Å²) in [6.45, 7) is 4.96. The van der Waals surface area contributed by atoms with Gasteiger partial charge in [0.1, 0.15) is 6.04 Å². The number of nitrogens with one attached hydrogen (secondary N) is 1. The molecular formula is C23H28N2O7. The molecule has 172 valence electrons. The molecule has 1 fully saturated rings. The maximum Gasteiger partial charge on any atom is 0.308 e. The van der Waals surface area contributed by atoms with Crippen LogP contribution in [0, 0.1) is 5.92 Å². The Bertz CT molecular complexity index is 925. The molecule has 1 aromatic rings. The summed E-state index contributed by atoms with van der Waals surface area (Å²) >= 11 is 0. The summed E-state index contributed by atoms with van der Waals surface area (Å²) in [6.07, 6.45) is 1.49. The van der Waals surface area contributed by atoms with Crippen molar-refractivity contribution >= 4 is 29.6 Å². The molecule has 1 atom stereocenters. The molecule has 1 aromatic carbocycles. The van der Waals surface area contributed by atoms with Crippen molar-refractivity contribution in [3.8, 4) is 0 Å². The Labute approximate surface area is 186 Å². The first-order chi connectivity index (χ1) is 15.3. The number of carbonyl (C=O) groups excluding carboxylic acids is 5. The van der Waals surface area contributed by atoms with E-state index in [9.17, 15) is 24.0 Å². The summed E-state index contributed by atoms with van der Waals surface area (Å²) < 4.78 is 10.6. The number of rotatable bonds is 10. The van der Waals surface area contributed by atoms with Crippen LogP contribution in [0.25, 0.3) is 0 Å². The van der Waals surface area contributed by atoms with Gasteiger partial charge in [0, 0.05) is 13.0 Å². The molecule has 9 heteroatoms. The average Bonchev–Trinajstić information content (AvgIpc) is 3.00. The Morgan fingerprint density at radius 3 is 2.66 bits per heavy atom. The zero-order valence-corrected chi connectivity index (χ0v) is 18.3. The van der Waals surface area contributed by atoms with Crippen molar-refractivity contribution in [2.45, 2.75) is 52.0 Å². The van der Waals surface area contributed by atoms with Crippen LogP contribution in [0.1, 0.15) is 65.8 Å². The molecule has 0 aromatic heterocycles. The second kappa shape index (κ2) is 10.5. The van der Waals surface area contributed by atoms with Gasteiger partial charge in [0.15, 0.2) is 0 Å². The first-order valence-electron chi connectivity index (χ1n) is 10.9. The van der Waals surface area contributed by atoms with Crippen LogP contribution < -0.4 is 5.32 Å². The van der Waals surface area contributed by atoms with Crippen molar-refractivity contribution in [2.24, 2.45) is 5.92 Å². The van der Waals surface area contributed by atoms with E-state index in [0.717, 1.165) is 4.90 Å². The number of esters is 1. The highest BCUT2D eigenvalue weighted by Gasteiger charge is 2.45. The van der Waals surface area contributed by atoms with Gasteiger partial charge >= 0.3 is 5.97 Å². The number of piperidine rings is 1. The van der Waals surface area contributed by atoms with Gasteiger partial charge in [-0.25, -0.2) is 0 Å². The molecule has 0 radical (unpaired) electrons. The lowest BCUT2D eigenvalue weighted by Gasteiger charge is -2.27. The zero-order valence-electron chi connectivity index (χ0n) is 18.3.